The largest absolute Gasteiger partial charge is 0.490 e. The summed E-state index contributed by atoms with van der Waals surface area (Å²) in [5.74, 6) is 0.925. The number of hydrogen-bond donors (Lipinski definition) is 0. The van der Waals surface area contributed by atoms with Crippen LogP contribution in [-0.2, 0) is 11.4 Å². The maximum atomic E-state index is 12.4. The van der Waals surface area contributed by atoms with Gasteiger partial charge < -0.3 is 9.47 Å². The molecule has 2 amide bonds. The van der Waals surface area contributed by atoms with Gasteiger partial charge in [0.1, 0.15) is 6.61 Å². The highest BCUT2D eigenvalue weighted by atomic mass is 79.9. The van der Waals surface area contributed by atoms with Crippen molar-refractivity contribution in [3.63, 3.8) is 0 Å². The lowest BCUT2D eigenvalue weighted by Gasteiger charge is -2.14. The number of thioether (sulfide) groups is 1. The van der Waals surface area contributed by atoms with E-state index in [-0.39, 0.29) is 11.1 Å². The first kappa shape index (κ1) is 21.5. The Morgan fingerprint density at radius 1 is 1.07 bits per heavy atom. The summed E-state index contributed by atoms with van der Waals surface area (Å²) in [4.78, 5) is 25.9. The second-order valence-corrected chi connectivity index (χ2v) is 8.30. The zero-order valence-electron chi connectivity index (χ0n) is 16.5. The van der Waals surface area contributed by atoms with E-state index in [2.05, 4.69) is 15.9 Å². The molecule has 1 heterocycles. The van der Waals surface area contributed by atoms with Crippen LogP contribution in [0.25, 0.3) is 6.08 Å². The van der Waals surface area contributed by atoms with Crippen LogP contribution >= 0.6 is 27.7 Å². The van der Waals surface area contributed by atoms with E-state index in [1.807, 2.05) is 50.2 Å². The first-order chi connectivity index (χ1) is 13.9. The molecular weight excluding hydrogens is 454 g/mol. The van der Waals surface area contributed by atoms with E-state index in [4.69, 9.17) is 9.47 Å². The molecule has 0 N–H and O–H groups in total. The van der Waals surface area contributed by atoms with Crippen LogP contribution in [0.4, 0.5) is 4.79 Å². The molecule has 0 atom stereocenters. The number of carbonyl (C=O) groups is 2. The van der Waals surface area contributed by atoms with Crippen LogP contribution < -0.4 is 9.47 Å². The highest BCUT2D eigenvalue weighted by Gasteiger charge is 2.33. The van der Waals surface area contributed by atoms with Crippen molar-refractivity contribution in [2.75, 3.05) is 13.2 Å². The van der Waals surface area contributed by atoms with Crippen LogP contribution in [0.1, 0.15) is 30.5 Å². The van der Waals surface area contributed by atoms with E-state index in [1.165, 1.54) is 10.5 Å². The zero-order valence-corrected chi connectivity index (χ0v) is 18.9. The van der Waals surface area contributed by atoms with Crippen LogP contribution in [0.15, 0.2) is 45.8 Å². The Hall–Kier alpha value is -2.25. The molecule has 29 heavy (non-hydrogen) atoms. The van der Waals surface area contributed by atoms with Crippen LogP contribution in [0.5, 0.6) is 11.5 Å². The van der Waals surface area contributed by atoms with Gasteiger partial charge in [-0.05, 0) is 61.9 Å². The molecule has 1 saturated heterocycles. The van der Waals surface area contributed by atoms with Crippen molar-refractivity contribution < 1.29 is 19.1 Å². The predicted octanol–water partition coefficient (Wildman–Crippen LogP) is 5.79. The third-order valence-corrected chi connectivity index (χ3v) is 5.95. The molecule has 3 rings (SSSR count). The van der Waals surface area contributed by atoms with Gasteiger partial charge in [-0.2, -0.15) is 0 Å². The Kier molecular flexibility index (Phi) is 7.03. The quantitative estimate of drug-likeness (QED) is 0.474. The Morgan fingerprint density at radius 3 is 2.38 bits per heavy atom. The molecule has 2 aromatic rings. The van der Waals surface area contributed by atoms with Gasteiger partial charge in [0.2, 0.25) is 0 Å². The fourth-order valence-corrected chi connectivity index (χ4v) is 4.13. The molecule has 0 spiro atoms. The number of benzene rings is 2. The topological polar surface area (TPSA) is 55.8 Å². The Labute approximate surface area is 183 Å². The van der Waals surface area contributed by atoms with E-state index < -0.39 is 0 Å². The monoisotopic (exact) mass is 475 g/mol. The minimum Gasteiger partial charge on any atom is -0.490 e. The molecule has 0 saturated carbocycles. The van der Waals surface area contributed by atoms with Gasteiger partial charge >= 0.3 is 0 Å². The van der Waals surface area contributed by atoms with Crippen LogP contribution in [0, 0.1) is 6.92 Å². The minimum absolute atomic E-state index is 0.247. The molecule has 1 aliphatic heterocycles. The SMILES string of the molecule is CCOc1cc(/C=C2/SC(=O)N(CC)C2=O)c(Br)cc1OCc1ccc(C)cc1. The van der Waals surface area contributed by atoms with E-state index in [0.29, 0.717) is 36.2 Å². The number of carbonyl (C=O) groups excluding carboxylic acids is 2. The van der Waals surface area contributed by atoms with Gasteiger partial charge in [0.15, 0.2) is 11.5 Å². The fourth-order valence-electron chi connectivity index (χ4n) is 2.80. The molecular formula is C22H22BrNO4S. The van der Waals surface area contributed by atoms with Crippen molar-refractivity contribution in [1.82, 2.24) is 4.90 Å². The minimum atomic E-state index is -0.271. The van der Waals surface area contributed by atoms with Gasteiger partial charge in [-0.3, -0.25) is 14.5 Å². The summed E-state index contributed by atoms with van der Waals surface area (Å²) in [6.45, 7) is 6.98. The summed E-state index contributed by atoms with van der Waals surface area (Å²) in [5.41, 5.74) is 3.01. The highest BCUT2D eigenvalue weighted by Crippen LogP contribution is 2.38. The van der Waals surface area contributed by atoms with Crippen LogP contribution in [0.2, 0.25) is 0 Å². The summed E-state index contributed by atoms with van der Waals surface area (Å²) >= 11 is 4.49. The predicted molar refractivity (Wildman–Crippen MR) is 119 cm³/mol. The Bertz CT molecular complexity index is 956. The number of ether oxygens (including phenoxy) is 2. The van der Waals surface area contributed by atoms with E-state index >= 15 is 0 Å². The molecule has 2 aromatic carbocycles. The van der Waals surface area contributed by atoms with Crippen molar-refractivity contribution >= 4 is 44.9 Å². The number of imide groups is 1. The molecule has 1 aliphatic rings. The van der Waals surface area contributed by atoms with Gasteiger partial charge in [0, 0.05) is 11.0 Å². The van der Waals surface area contributed by atoms with Crippen LogP contribution in [-0.4, -0.2) is 29.2 Å². The molecule has 0 aliphatic carbocycles. The third-order valence-electron chi connectivity index (χ3n) is 4.35. The smallest absolute Gasteiger partial charge is 0.293 e. The molecule has 0 bridgehead atoms. The molecule has 152 valence electrons. The normalized spacial score (nSPS) is 15.3. The number of likely N-dealkylation sites (N-methyl/N-ethyl adjacent to an activating group) is 1. The van der Waals surface area contributed by atoms with Crippen LogP contribution in [0.3, 0.4) is 0 Å². The molecule has 1 fully saturated rings. The van der Waals surface area contributed by atoms with Crippen molar-refractivity contribution in [2.45, 2.75) is 27.4 Å². The molecule has 5 nitrogen and oxygen atoms in total. The maximum absolute atomic E-state index is 12.4. The Morgan fingerprint density at radius 2 is 1.76 bits per heavy atom. The number of rotatable bonds is 7. The number of nitrogens with zero attached hydrogens (tertiary/aromatic N) is 1. The highest BCUT2D eigenvalue weighted by molar-refractivity contribution is 9.10. The number of amides is 2. The fraction of sp³-hybridized carbons (Fsp3) is 0.273. The summed E-state index contributed by atoms with van der Waals surface area (Å²) < 4.78 is 12.5. The van der Waals surface area contributed by atoms with E-state index in [0.717, 1.165) is 27.4 Å². The summed E-state index contributed by atoms with van der Waals surface area (Å²) in [6.07, 6.45) is 1.71. The average Bonchev–Trinajstić information content (AvgIpc) is 2.97. The average molecular weight is 476 g/mol. The van der Waals surface area contributed by atoms with Gasteiger partial charge in [-0.25, -0.2) is 0 Å². The summed E-state index contributed by atoms with van der Waals surface area (Å²) in [6, 6.07) is 11.8. The van der Waals surface area contributed by atoms with Gasteiger partial charge in [0.25, 0.3) is 11.1 Å². The van der Waals surface area contributed by atoms with Crippen molar-refractivity contribution in [3.8, 4) is 11.5 Å². The number of aryl methyl sites for hydroxylation is 1. The zero-order chi connectivity index (χ0) is 21.0. The van der Waals surface area contributed by atoms with Crippen molar-refractivity contribution in [3.05, 3.63) is 62.5 Å². The molecule has 0 unspecified atom stereocenters. The number of hydrogen-bond acceptors (Lipinski definition) is 5. The van der Waals surface area contributed by atoms with E-state index in [1.54, 1.807) is 13.0 Å². The maximum Gasteiger partial charge on any atom is 0.293 e. The second kappa shape index (κ2) is 9.50. The van der Waals surface area contributed by atoms with Gasteiger partial charge in [-0.1, -0.05) is 45.8 Å². The second-order valence-electron chi connectivity index (χ2n) is 6.45. The molecule has 0 aromatic heterocycles. The summed E-state index contributed by atoms with van der Waals surface area (Å²) in [7, 11) is 0. The Balaban J connectivity index is 1.86. The lowest BCUT2D eigenvalue weighted by molar-refractivity contribution is -0.122. The van der Waals surface area contributed by atoms with Gasteiger partial charge in [0.05, 0.1) is 11.5 Å². The summed E-state index contributed by atoms with van der Waals surface area (Å²) in [5, 5.41) is -0.247. The molecule has 0 radical (unpaired) electrons. The third kappa shape index (κ3) is 5.03. The lowest BCUT2D eigenvalue weighted by atomic mass is 10.1. The number of halogens is 1. The van der Waals surface area contributed by atoms with Gasteiger partial charge in [-0.15, -0.1) is 0 Å². The molecule has 7 heteroatoms. The van der Waals surface area contributed by atoms with E-state index in [9.17, 15) is 9.59 Å². The lowest BCUT2D eigenvalue weighted by Crippen LogP contribution is -2.27. The first-order valence-electron chi connectivity index (χ1n) is 9.33. The first-order valence-corrected chi connectivity index (χ1v) is 10.9. The van der Waals surface area contributed by atoms with Crippen molar-refractivity contribution in [2.24, 2.45) is 0 Å². The van der Waals surface area contributed by atoms with Crippen molar-refractivity contribution in [1.29, 1.82) is 0 Å². The standard InChI is InChI=1S/C22H22BrNO4S/c1-4-24-21(25)20(29-22(24)26)11-16-10-18(27-5-2)19(12-17(16)23)28-13-15-8-6-14(3)7-9-15/h6-12H,4-5,13H2,1-3H3/b20-11+.